The molecule has 0 aromatic rings. The van der Waals surface area contributed by atoms with Gasteiger partial charge in [0.1, 0.15) is 0 Å². The van der Waals surface area contributed by atoms with E-state index in [9.17, 15) is 8.78 Å². The van der Waals surface area contributed by atoms with E-state index in [0.717, 1.165) is 25.7 Å². The minimum absolute atomic E-state index is 0.171. The molecule has 2 aliphatic carbocycles. The summed E-state index contributed by atoms with van der Waals surface area (Å²) in [6.07, 6.45) is 3.75. The molecule has 0 heterocycles. The highest BCUT2D eigenvalue weighted by atomic mass is 19.3. The van der Waals surface area contributed by atoms with Crippen molar-refractivity contribution in [2.24, 2.45) is 17.3 Å². The number of hydrogen-bond donors (Lipinski definition) is 0. The van der Waals surface area contributed by atoms with Crippen molar-refractivity contribution >= 4 is 0 Å². The molecule has 0 nitrogen and oxygen atoms in total. The lowest BCUT2D eigenvalue weighted by atomic mass is 9.75. The van der Waals surface area contributed by atoms with Crippen LogP contribution >= 0.6 is 0 Å². The molecule has 2 saturated carbocycles. The van der Waals surface area contributed by atoms with Gasteiger partial charge in [-0.25, -0.2) is 8.78 Å². The fourth-order valence-electron chi connectivity index (χ4n) is 2.78. The van der Waals surface area contributed by atoms with Crippen LogP contribution in [0.3, 0.4) is 0 Å². The van der Waals surface area contributed by atoms with Gasteiger partial charge in [-0.1, -0.05) is 13.8 Å². The van der Waals surface area contributed by atoms with Crippen molar-refractivity contribution in [1.82, 2.24) is 0 Å². The van der Waals surface area contributed by atoms with Gasteiger partial charge in [-0.15, -0.1) is 0 Å². The highest BCUT2D eigenvalue weighted by molar-refractivity contribution is 5.11. The van der Waals surface area contributed by atoms with Gasteiger partial charge in [0.15, 0.2) is 0 Å². The van der Waals surface area contributed by atoms with Crippen LogP contribution in [0.2, 0.25) is 0 Å². The van der Waals surface area contributed by atoms with Gasteiger partial charge in [0.2, 0.25) is 0 Å². The van der Waals surface area contributed by atoms with Crippen LogP contribution in [0.4, 0.5) is 8.78 Å². The molecular weight excluding hydrogens is 170 g/mol. The molecule has 76 valence electrons. The van der Waals surface area contributed by atoms with Crippen molar-refractivity contribution < 1.29 is 8.78 Å². The molecule has 0 unspecified atom stereocenters. The molecule has 0 aromatic heterocycles. The van der Waals surface area contributed by atoms with Gasteiger partial charge in [-0.2, -0.15) is 0 Å². The van der Waals surface area contributed by atoms with E-state index in [1.54, 1.807) is 0 Å². The van der Waals surface area contributed by atoms with E-state index in [1.165, 1.54) is 0 Å². The van der Waals surface area contributed by atoms with E-state index in [-0.39, 0.29) is 6.42 Å². The van der Waals surface area contributed by atoms with E-state index in [4.69, 9.17) is 0 Å². The number of alkyl halides is 2. The van der Waals surface area contributed by atoms with Crippen molar-refractivity contribution in [3.63, 3.8) is 0 Å². The molecule has 2 fully saturated rings. The monoisotopic (exact) mass is 188 g/mol. The molecule has 0 bridgehead atoms. The first-order valence-electron chi connectivity index (χ1n) is 5.35. The van der Waals surface area contributed by atoms with Crippen molar-refractivity contribution in [2.45, 2.75) is 51.9 Å². The fraction of sp³-hybridized carbons (Fsp3) is 1.00. The summed E-state index contributed by atoms with van der Waals surface area (Å²) in [7, 11) is 0. The molecule has 0 N–H and O–H groups in total. The summed E-state index contributed by atoms with van der Waals surface area (Å²) >= 11 is 0. The van der Waals surface area contributed by atoms with Gasteiger partial charge in [0.05, 0.1) is 0 Å². The predicted octanol–water partition coefficient (Wildman–Crippen LogP) is 3.86. The molecule has 0 amide bonds. The van der Waals surface area contributed by atoms with E-state index in [0.29, 0.717) is 11.8 Å². The lowest BCUT2D eigenvalue weighted by Gasteiger charge is -2.31. The molecule has 2 aliphatic rings. The molecule has 0 aromatic carbocycles. The molecule has 0 atom stereocenters. The maximum absolute atomic E-state index is 13.0. The van der Waals surface area contributed by atoms with Crippen LogP contribution in [0.5, 0.6) is 0 Å². The Labute approximate surface area is 78.7 Å². The second-order valence-corrected chi connectivity index (χ2v) is 5.24. The average molecular weight is 188 g/mol. The zero-order valence-electron chi connectivity index (χ0n) is 8.45. The van der Waals surface area contributed by atoms with Gasteiger partial charge < -0.3 is 0 Å². The van der Waals surface area contributed by atoms with Gasteiger partial charge in [-0.3, -0.25) is 0 Å². The van der Waals surface area contributed by atoms with Crippen LogP contribution in [-0.4, -0.2) is 5.92 Å². The Kier molecular flexibility index (Phi) is 1.94. The van der Waals surface area contributed by atoms with Crippen LogP contribution < -0.4 is 0 Å². The smallest absolute Gasteiger partial charge is 0.206 e. The quantitative estimate of drug-likeness (QED) is 0.586. The van der Waals surface area contributed by atoms with Gasteiger partial charge >= 0.3 is 0 Å². The Morgan fingerprint density at radius 3 is 1.92 bits per heavy atom. The zero-order valence-corrected chi connectivity index (χ0v) is 8.45. The van der Waals surface area contributed by atoms with Crippen molar-refractivity contribution in [2.75, 3.05) is 0 Å². The summed E-state index contributed by atoms with van der Waals surface area (Å²) in [6.45, 7) is 4.40. The first-order valence-corrected chi connectivity index (χ1v) is 5.35. The third-order valence-corrected chi connectivity index (χ3v) is 4.14. The maximum atomic E-state index is 13.0. The molecule has 0 aliphatic heterocycles. The standard InChI is InChI=1S/C11H18F2/c1-8(2)9-3-5-10(6-4-9)7-11(10,12)13/h8-9H,3-7H2,1-2H3/t9-,10+. The first kappa shape index (κ1) is 9.42. The van der Waals surface area contributed by atoms with E-state index < -0.39 is 11.3 Å². The molecular formula is C11H18F2. The summed E-state index contributed by atoms with van der Waals surface area (Å²) in [4.78, 5) is 0. The van der Waals surface area contributed by atoms with Crippen LogP contribution in [0.25, 0.3) is 0 Å². The molecule has 0 saturated heterocycles. The molecule has 13 heavy (non-hydrogen) atoms. The van der Waals surface area contributed by atoms with Crippen LogP contribution in [0.15, 0.2) is 0 Å². The first-order chi connectivity index (χ1) is 5.97. The average Bonchev–Trinajstić information content (AvgIpc) is 2.53. The second kappa shape index (κ2) is 2.68. The summed E-state index contributed by atoms with van der Waals surface area (Å²) in [5, 5.41) is 0. The lowest BCUT2D eigenvalue weighted by Crippen LogP contribution is -2.23. The SMILES string of the molecule is CC(C)[C@H]1CC[C@@]2(CC1)CC2(F)F. The summed E-state index contributed by atoms with van der Waals surface area (Å²) in [5.74, 6) is -0.943. The Morgan fingerprint density at radius 1 is 1.15 bits per heavy atom. The largest absolute Gasteiger partial charge is 0.254 e. The van der Waals surface area contributed by atoms with Crippen molar-refractivity contribution in [1.29, 1.82) is 0 Å². The Morgan fingerprint density at radius 2 is 1.62 bits per heavy atom. The Hall–Kier alpha value is -0.140. The van der Waals surface area contributed by atoms with Crippen LogP contribution in [0, 0.1) is 17.3 Å². The Bertz CT molecular complexity index is 200. The molecule has 0 radical (unpaired) electrons. The van der Waals surface area contributed by atoms with E-state index in [1.807, 2.05) is 0 Å². The summed E-state index contributed by atoms with van der Waals surface area (Å²) < 4.78 is 26.0. The minimum atomic E-state index is -2.31. The van der Waals surface area contributed by atoms with Crippen molar-refractivity contribution in [3.05, 3.63) is 0 Å². The predicted molar refractivity (Wildman–Crippen MR) is 48.8 cm³/mol. The minimum Gasteiger partial charge on any atom is -0.206 e. The lowest BCUT2D eigenvalue weighted by molar-refractivity contribution is 0.0364. The molecule has 1 spiro atoms. The van der Waals surface area contributed by atoms with Gasteiger partial charge in [0, 0.05) is 11.8 Å². The zero-order chi connectivity index (χ0) is 9.69. The van der Waals surface area contributed by atoms with Gasteiger partial charge in [-0.05, 0) is 37.5 Å². The van der Waals surface area contributed by atoms with Crippen molar-refractivity contribution in [3.8, 4) is 0 Å². The normalized spacial score (nSPS) is 42.7. The molecule has 2 heteroatoms. The second-order valence-electron chi connectivity index (χ2n) is 5.24. The highest BCUT2D eigenvalue weighted by Crippen LogP contribution is 2.68. The topological polar surface area (TPSA) is 0 Å². The fourth-order valence-corrected chi connectivity index (χ4v) is 2.78. The number of hydrogen-bond acceptors (Lipinski definition) is 0. The van der Waals surface area contributed by atoms with E-state index >= 15 is 0 Å². The molecule has 2 rings (SSSR count). The summed E-state index contributed by atoms with van der Waals surface area (Å²) in [6, 6.07) is 0. The Balaban J connectivity index is 1.91. The highest BCUT2D eigenvalue weighted by Gasteiger charge is 2.70. The number of halogens is 2. The van der Waals surface area contributed by atoms with Crippen LogP contribution in [-0.2, 0) is 0 Å². The van der Waals surface area contributed by atoms with Crippen LogP contribution in [0.1, 0.15) is 46.0 Å². The number of rotatable bonds is 1. The third-order valence-electron chi connectivity index (χ3n) is 4.14. The van der Waals surface area contributed by atoms with E-state index in [2.05, 4.69) is 13.8 Å². The van der Waals surface area contributed by atoms with Gasteiger partial charge in [0.25, 0.3) is 5.92 Å². The third kappa shape index (κ3) is 1.38. The summed E-state index contributed by atoms with van der Waals surface area (Å²) in [5.41, 5.74) is -0.543. The maximum Gasteiger partial charge on any atom is 0.254 e.